The maximum absolute atomic E-state index is 13.4. The average molecular weight is 433 g/mol. The van der Waals surface area contributed by atoms with Crippen molar-refractivity contribution in [3.63, 3.8) is 0 Å². The van der Waals surface area contributed by atoms with Gasteiger partial charge in [-0.15, -0.1) is 11.3 Å². The standard InChI is InChI=1S/C23H29ClN2O2S/c1-2-3-14-26(21(27)16-20-9-6-15-29-20)22(17-10-12-18(24)13-11-17)23(28)25-19-7-4-5-8-19/h6,9-13,15,19,22H,2-5,7-8,14,16H2,1H3,(H,25,28)/t22-/m0/s1. The number of nitrogens with zero attached hydrogens (tertiary/aromatic N) is 1. The molecule has 0 bridgehead atoms. The summed E-state index contributed by atoms with van der Waals surface area (Å²) < 4.78 is 0. The highest BCUT2D eigenvalue weighted by atomic mass is 35.5. The van der Waals surface area contributed by atoms with Gasteiger partial charge in [0.2, 0.25) is 11.8 Å². The van der Waals surface area contributed by atoms with E-state index in [1.165, 1.54) is 0 Å². The first-order chi connectivity index (χ1) is 14.1. The number of carbonyl (C=O) groups excluding carboxylic acids is 2. The Bertz CT molecular complexity index is 786. The van der Waals surface area contributed by atoms with Gasteiger partial charge in [-0.1, -0.05) is 56.0 Å². The molecule has 0 spiro atoms. The van der Waals surface area contributed by atoms with Crippen LogP contribution in [-0.2, 0) is 16.0 Å². The molecular formula is C23H29ClN2O2S. The molecule has 0 radical (unpaired) electrons. The number of thiophene rings is 1. The molecule has 1 aromatic heterocycles. The summed E-state index contributed by atoms with van der Waals surface area (Å²) in [5.74, 6) is -0.0997. The molecule has 1 aliphatic rings. The molecule has 0 unspecified atom stereocenters. The highest BCUT2D eigenvalue weighted by Gasteiger charge is 2.32. The third-order valence-corrected chi connectivity index (χ3v) is 6.55. The number of hydrogen-bond donors (Lipinski definition) is 1. The molecule has 1 N–H and O–H groups in total. The summed E-state index contributed by atoms with van der Waals surface area (Å²) in [6.45, 7) is 2.66. The molecule has 29 heavy (non-hydrogen) atoms. The van der Waals surface area contributed by atoms with Crippen LogP contribution in [0.5, 0.6) is 0 Å². The van der Waals surface area contributed by atoms with Gasteiger partial charge in [-0.3, -0.25) is 9.59 Å². The van der Waals surface area contributed by atoms with Crippen LogP contribution in [0, 0.1) is 0 Å². The van der Waals surface area contributed by atoms with Gasteiger partial charge in [-0.25, -0.2) is 0 Å². The molecule has 3 rings (SSSR count). The van der Waals surface area contributed by atoms with Crippen molar-refractivity contribution in [2.24, 2.45) is 0 Å². The van der Waals surface area contributed by atoms with Gasteiger partial charge in [0.25, 0.3) is 0 Å². The predicted octanol–water partition coefficient (Wildman–Crippen LogP) is 5.37. The fourth-order valence-electron chi connectivity index (χ4n) is 3.86. The van der Waals surface area contributed by atoms with E-state index in [-0.39, 0.29) is 17.9 Å². The molecule has 1 aliphatic carbocycles. The molecule has 2 amide bonds. The van der Waals surface area contributed by atoms with Gasteiger partial charge in [0.1, 0.15) is 6.04 Å². The summed E-state index contributed by atoms with van der Waals surface area (Å²) in [5, 5.41) is 5.79. The molecule has 4 nitrogen and oxygen atoms in total. The summed E-state index contributed by atoms with van der Waals surface area (Å²) in [6, 6.07) is 10.8. The smallest absolute Gasteiger partial charge is 0.247 e. The number of hydrogen-bond acceptors (Lipinski definition) is 3. The maximum atomic E-state index is 13.4. The van der Waals surface area contributed by atoms with Crippen LogP contribution in [0.25, 0.3) is 0 Å². The van der Waals surface area contributed by atoms with Gasteiger partial charge >= 0.3 is 0 Å². The van der Waals surface area contributed by atoms with Crippen molar-refractivity contribution in [1.82, 2.24) is 10.2 Å². The monoisotopic (exact) mass is 432 g/mol. The zero-order valence-corrected chi connectivity index (χ0v) is 18.5. The maximum Gasteiger partial charge on any atom is 0.247 e. The Labute approximate surface area is 182 Å². The first-order valence-corrected chi connectivity index (χ1v) is 11.7. The molecular weight excluding hydrogens is 404 g/mol. The molecule has 1 saturated carbocycles. The minimum absolute atomic E-state index is 0.0116. The normalized spacial score (nSPS) is 15.2. The molecule has 2 aromatic rings. The van der Waals surface area contributed by atoms with Crippen LogP contribution in [0.3, 0.4) is 0 Å². The molecule has 1 aromatic carbocycles. The van der Waals surface area contributed by atoms with Crippen molar-refractivity contribution >= 4 is 34.8 Å². The number of unbranched alkanes of at least 4 members (excludes halogenated alkanes) is 1. The SMILES string of the molecule is CCCCN(C(=O)Cc1cccs1)[C@H](C(=O)NC1CCCC1)c1ccc(Cl)cc1. The van der Waals surface area contributed by atoms with Gasteiger partial charge < -0.3 is 10.2 Å². The van der Waals surface area contributed by atoms with Crippen molar-refractivity contribution in [2.75, 3.05) is 6.54 Å². The van der Waals surface area contributed by atoms with E-state index in [1.807, 2.05) is 29.6 Å². The van der Waals surface area contributed by atoms with Crippen molar-refractivity contribution in [3.8, 4) is 0 Å². The third-order valence-electron chi connectivity index (χ3n) is 5.43. The number of rotatable bonds is 9. The van der Waals surface area contributed by atoms with Gasteiger partial charge in [0.15, 0.2) is 0 Å². The molecule has 6 heteroatoms. The molecule has 156 valence electrons. The van der Waals surface area contributed by atoms with Crippen LogP contribution < -0.4 is 5.32 Å². The summed E-state index contributed by atoms with van der Waals surface area (Å²) in [4.78, 5) is 29.4. The first-order valence-electron chi connectivity index (χ1n) is 10.5. The topological polar surface area (TPSA) is 49.4 Å². The van der Waals surface area contributed by atoms with Crippen LogP contribution >= 0.6 is 22.9 Å². The van der Waals surface area contributed by atoms with Crippen LogP contribution in [-0.4, -0.2) is 29.3 Å². The zero-order valence-electron chi connectivity index (χ0n) is 16.9. The Kier molecular flexibility index (Phi) is 8.13. The average Bonchev–Trinajstić information content (AvgIpc) is 3.40. The Morgan fingerprint density at radius 3 is 2.55 bits per heavy atom. The fourth-order valence-corrected chi connectivity index (χ4v) is 4.68. The Morgan fingerprint density at radius 2 is 1.93 bits per heavy atom. The lowest BCUT2D eigenvalue weighted by molar-refractivity contribution is -0.140. The minimum Gasteiger partial charge on any atom is -0.351 e. The van der Waals surface area contributed by atoms with Crippen LogP contribution in [0.15, 0.2) is 41.8 Å². The number of halogens is 1. The van der Waals surface area contributed by atoms with E-state index < -0.39 is 6.04 Å². The second kappa shape index (κ2) is 10.8. The van der Waals surface area contributed by atoms with E-state index in [0.717, 1.165) is 49.0 Å². The quantitative estimate of drug-likeness (QED) is 0.578. The molecule has 0 saturated heterocycles. The van der Waals surface area contributed by atoms with Crippen molar-refractivity contribution in [3.05, 3.63) is 57.2 Å². The Hall–Kier alpha value is -1.85. The van der Waals surface area contributed by atoms with E-state index in [2.05, 4.69) is 12.2 Å². The molecule has 1 atom stereocenters. The predicted molar refractivity (Wildman–Crippen MR) is 119 cm³/mol. The third kappa shape index (κ3) is 6.06. The lowest BCUT2D eigenvalue weighted by Gasteiger charge is -2.32. The molecule has 1 fully saturated rings. The highest BCUT2D eigenvalue weighted by Crippen LogP contribution is 2.27. The summed E-state index contributed by atoms with van der Waals surface area (Å²) >= 11 is 7.65. The van der Waals surface area contributed by atoms with Crippen LogP contribution in [0.1, 0.15) is 61.9 Å². The first kappa shape index (κ1) is 21.8. The lowest BCUT2D eigenvalue weighted by Crippen LogP contribution is -2.46. The second-order valence-corrected chi connectivity index (χ2v) is 9.11. The van der Waals surface area contributed by atoms with Crippen molar-refractivity contribution < 1.29 is 9.59 Å². The van der Waals surface area contributed by atoms with E-state index in [1.54, 1.807) is 28.4 Å². The summed E-state index contributed by atoms with van der Waals surface area (Å²) in [7, 11) is 0. The minimum atomic E-state index is -0.633. The number of carbonyl (C=O) groups is 2. The van der Waals surface area contributed by atoms with Gasteiger partial charge in [-0.2, -0.15) is 0 Å². The number of nitrogens with one attached hydrogen (secondary N) is 1. The van der Waals surface area contributed by atoms with E-state index >= 15 is 0 Å². The zero-order chi connectivity index (χ0) is 20.6. The Balaban J connectivity index is 1.88. The van der Waals surface area contributed by atoms with Gasteiger partial charge in [0, 0.05) is 22.5 Å². The lowest BCUT2D eigenvalue weighted by atomic mass is 10.0. The number of benzene rings is 1. The fraction of sp³-hybridized carbons (Fsp3) is 0.478. The Morgan fingerprint density at radius 1 is 1.21 bits per heavy atom. The van der Waals surface area contributed by atoms with Gasteiger partial charge in [0.05, 0.1) is 6.42 Å². The summed E-state index contributed by atoms with van der Waals surface area (Å²) in [6.07, 6.45) is 6.45. The summed E-state index contributed by atoms with van der Waals surface area (Å²) in [5.41, 5.74) is 0.806. The molecule has 0 aliphatic heterocycles. The largest absolute Gasteiger partial charge is 0.351 e. The second-order valence-electron chi connectivity index (χ2n) is 7.64. The van der Waals surface area contributed by atoms with Crippen LogP contribution in [0.2, 0.25) is 5.02 Å². The number of amides is 2. The molecule has 1 heterocycles. The van der Waals surface area contributed by atoms with Crippen molar-refractivity contribution in [2.45, 2.75) is 64.0 Å². The van der Waals surface area contributed by atoms with E-state index in [0.29, 0.717) is 18.0 Å². The van der Waals surface area contributed by atoms with Gasteiger partial charge in [-0.05, 0) is 48.4 Å². The van der Waals surface area contributed by atoms with Crippen molar-refractivity contribution in [1.29, 1.82) is 0 Å². The van der Waals surface area contributed by atoms with Crippen LogP contribution in [0.4, 0.5) is 0 Å². The van der Waals surface area contributed by atoms with E-state index in [9.17, 15) is 9.59 Å². The van der Waals surface area contributed by atoms with E-state index in [4.69, 9.17) is 11.6 Å². The highest BCUT2D eigenvalue weighted by molar-refractivity contribution is 7.10.